The third-order valence-corrected chi connectivity index (χ3v) is 3.39. The van der Waals surface area contributed by atoms with Crippen LogP contribution in [-0.4, -0.2) is 36.5 Å². The van der Waals surface area contributed by atoms with Crippen LogP contribution in [0.5, 0.6) is 0 Å². The van der Waals surface area contributed by atoms with E-state index in [1.807, 2.05) is 0 Å². The third kappa shape index (κ3) is 3.67. The molecular weight excluding hydrogens is 245 g/mol. The van der Waals surface area contributed by atoms with E-state index in [-0.39, 0.29) is 5.56 Å². The summed E-state index contributed by atoms with van der Waals surface area (Å²) in [5.74, 6) is -0.946. The largest absolute Gasteiger partial charge is 0.399 e. The summed E-state index contributed by atoms with van der Waals surface area (Å²) < 4.78 is 13.5. The van der Waals surface area contributed by atoms with Gasteiger partial charge in [-0.2, -0.15) is 0 Å². The molecule has 0 bridgehead atoms. The van der Waals surface area contributed by atoms with Crippen LogP contribution in [0.25, 0.3) is 0 Å². The molecule has 19 heavy (non-hydrogen) atoms. The second-order valence-corrected chi connectivity index (χ2v) is 4.85. The fourth-order valence-corrected chi connectivity index (χ4v) is 2.16. The summed E-state index contributed by atoms with van der Waals surface area (Å²) in [5, 5.41) is 2.74. The predicted molar refractivity (Wildman–Crippen MR) is 73.4 cm³/mol. The van der Waals surface area contributed by atoms with Gasteiger partial charge in [0, 0.05) is 24.8 Å². The molecule has 0 unspecified atom stereocenters. The van der Waals surface area contributed by atoms with Crippen LogP contribution in [0.1, 0.15) is 30.1 Å². The molecule has 0 atom stereocenters. The average Bonchev–Trinajstić information content (AvgIpc) is 3.21. The molecule has 0 spiro atoms. The number of hydrogen-bond donors (Lipinski definition) is 2. The second kappa shape index (κ2) is 6.02. The van der Waals surface area contributed by atoms with Gasteiger partial charge < -0.3 is 11.1 Å². The molecule has 1 aromatic rings. The fourth-order valence-electron chi connectivity index (χ4n) is 2.16. The maximum atomic E-state index is 13.5. The van der Waals surface area contributed by atoms with Crippen LogP contribution < -0.4 is 11.1 Å². The quantitative estimate of drug-likeness (QED) is 0.768. The smallest absolute Gasteiger partial charge is 0.254 e. The highest BCUT2D eigenvalue weighted by atomic mass is 19.1. The first-order chi connectivity index (χ1) is 9.11. The van der Waals surface area contributed by atoms with E-state index < -0.39 is 11.7 Å². The zero-order valence-corrected chi connectivity index (χ0v) is 11.2. The Morgan fingerprint density at radius 2 is 2.26 bits per heavy atom. The molecule has 1 fully saturated rings. The first-order valence-corrected chi connectivity index (χ1v) is 6.69. The molecule has 0 aliphatic heterocycles. The van der Waals surface area contributed by atoms with Crippen LogP contribution in [0.2, 0.25) is 0 Å². The molecule has 104 valence electrons. The van der Waals surface area contributed by atoms with Gasteiger partial charge in [0.05, 0.1) is 5.56 Å². The van der Waals surface area contributed by atoms with Crippen LogP contribution in [0.3, 0.4) is 0 Å². The molecule has 4 nitrogen and oxygen atoms in total. The minimum Gasteiger partial charge on any atom is -0.399 e. The minimum atomic E-state index is -0.541. The Bertz CT molecular complexity index is 460. The first kappa shape index (κ1) is 13.8. The number of likely N-dealkylation sites (N-methyl/N-ethyl adjacent to an activating group) is 1. The van der Waals surface area contributed by atoms with E-state index in [2.05, 4.69) is 17.1 Å². The van der Waals surface area contributed by atoms with Gasteiger partial charge in [0.1, 0.15) is 5.82 Å². The van der Waals surface area contributed by atoms with E-state index in [4.69, 9.17) is 5.73 Å². The Kier molecular flexibility index (Phi) is 4.37. The predicted octanol–water partition coefficient (Wildman–Crippen LogP) is 1.62. The highest BCUT2D eigenvalue weighted by Crippen LogP contribution is 2.25. The standard InChI is InChI=1S/C14H20FN3O/c1-2-18(11-4-5-11)8-7-17-14(19)12-9-10(16)3-6-13(12)15/h3,6,9,11H,2,4-5,7-8,16H2,1H3,(H,17,19). The van der Waals surface area contributed by atoms with Crippen molar-refractivity contribution in [1.82, 2.24) is 10.2 Å². The fraction of sp³-hybridized carbons (Fsp3) is 0.500. The van der Waals surface area contributed by atoms with Crippen molar-refractivity contribution in [2.75, 3.05) is 25.4 Å². The number of carbonyl (C=O) groups is 1. The van der Waals surface area contributed by atoms with Gasteiger partial charge in [-0.15, -0.1) is 0 Å². The van der Waals surface area contributed by atoms with Crippen molar-refractivity contribution in [3.8, 4) is 0 Å². The highest BCUT2D eigenvalue weighted by Gasteiger charge is 2.27. The number of nitrogen functional groups attached to an aromatic ring is 1. The number of nitrogens with two attached hydrogens (primary N) is 1. The molecule has 0 aromatic heterocycles. The monoisotopic (exact) mass is 265 g/mol. The van der Waals surface area contributed by atoms with Crippen molar-refractivity contribution in [3.63, 3.8) is 0 Å². The van der Waals surface area contributed by atoms with E-state index in [1.165, 1.54) is 31.0 Å². The molecule has 2 rings (SSSR count). The molecule has 0 radical (unpaired) electrons. The van der Waals surface area contributed by atoms with Gasteiger partial charge >= 0.3 is 0 Å². The van der Waals surface area contributed by atoms with Gasteiger partial charge in [-0.3, -0.25) is 9.69 Å². The number of amides is 1. The van der Waals surface area contributed by atoms with Crippen LogP contribution in [-0.2, 0) is 0 Å². The van der Waals surface area contributed by atoms with E-state index in [9.17, 15) is 9.18 Å². The lowest BCUT2D eigenvalue weighted by Gasteiger charge is -2.19. The topological polar surface area (TPSA) is 58.4 Å². The molecule has 1 amide bonds. The first-order valence-electron chi connectivity index (χ1n) is 6.69. The van der Waals surface area contributed by atoms with Crippen molar-refractivity contribution in [1.29, 1.82) is 0 Å². The summed E-state index contributed by atoms with van der Waals surface area (Å²) in [6.45, 7) is 4.42. The molecule has 5 heteroatoms. The maximum Gasteiger partial charge on any atom is 0.254 e. The van der Waals surface area contributed by atoms with Gasteiger partial charge in [-0.25, -0.2) is 4.39 Å². The number of hydrogen-bond acceptors (Lipinski definition) is 3. The van der Waals surface area contributed by atoms with Crippen molar-refractivity contribution in [2.45, 2.75) is 25.8 Å². The van der Waals surface area contributed by atoms with E-state index in [0.717, 1.165) is 13.1 Å². The molecule has 1 aliphatic carbocycles. The number of nitrogens with zero attached hydrogens (tertiary/aromatic N) is 1. The second-order valence-electron chi connectivity index (χ2n) is 4.85. The molecule has 1 aliphatic rings. The maximum absolute atomic E-state index is 13.5. The van der Waals surface area contributed by atoms with Crippen LogP contribution in [0.4, 0.5) is 10.1 Å². The number of benzene rings is 1. The molecular formula is C14H20FN3O. The van der Waals surface area contributed by atoms with Crippen LogP contribution in [0.15, 0.2) is 18.2 Å². The Morgan fingerprint density at radius 3 is 2.89 bits per heavy atom. The summed E-state index contributed by atoms with van der Waals surface area (Å²) in [6.07, 6.45) is 2.48. The Labute approximate surface area is 112 Å². The Balaban J connectivity index is 1.85. The highest BCUT2D eigenvalue weighted by molar-refractivity contribution is 5.95. The third-order valence-electron chi connectivity index (χ3n) is 3.39. The van der Waals surface area contributed by atoms with Crippen molar-refractivity contribution in [2.24, 2.45) is 0 Å². The lowest BCUT2D eigenvalue weighted by atomic mass is 10.2. The van der Waals surface area contributed by atoms with Crippen molar-refractivity contribution in [3.05, 3.63) is 29.6 Å². The lowest BCUT2D eigenvalue weighted by molar-refractivity contribution is 0.0944. The zero-order chi connectivity index (χ0) is 13.8. The Hall–Kier alpha value is -1.62. The van der Waals surface area contributed by atoms with E-state index >= 15 is 0 Å². The molecule has 0 saturated heterocycles. The molecule has 1 saturated carbocycles. The zero-order valence-electron chi connectivity index (χ0n) is 11.2. The average molecular weight is 265 g/mol. The van der Waals surface area contributed by atoms with Gasteiger partial charge in [-0.1, -0.05) is 6.92 Å². The molecule has 3 N–H and O–H groups in total. The van der Waals surface area contributed by atoms with Gasteiger partial charge in [-0.05, 0) is 37.6 Å². The van der Waals surface area contributed by atoms with Crippen molar-refractivity contribution < 1.29 is 9.18 Å². The summed E-state index contributed by atoms with van der Waals surface area (Å²) in [7, 11) is 0. The van der Waals surface area contributed by atoms with Gasteiger partial charge in [0.25, 0.3) is 5.91 Å². The SMILES string of the molecule is CCN(CCNC(=O)c1cc(N)ccc1F)C1CC1. The number of nitrogens with one attached hydrogen (secondary N) is 1. The lowest BCUT2D eigenvalue weighted by Crippen LogP contribution is -2.36. The summed E-state index contributed by atoms with van der Waals surface area (Å²) in [5.41, 5.74) is 5.95. The van der Waals surface area contributed by atoms with E-state index in [1.54, 1.807) is 0 Å². The Morgan fingerprint density at radius 1 is 1.53 bits per heavy atom. The van der Waals surface area contributed by atoms with Gasteiger partial charge in [0.15, 0.2) is 0 Å². The number of halogens is 1. The van der Waals surface area contributed by atoms with E-state index in [0.29, 0.717) is 18.3 Å². The van der Waals surface area contributed by atoms with Gasteiger partial charge in [0.2, 0.25) is 0 Å². The van der Waals surface area contributed by atoms with Crippen LogP contribution >= 0.6 is 0 Å². The summed E-state index contributed by atoms with van der Waals surface area (Å²) in [4.78, 5) is 14.2. The molecule has 0 heterocycles. The number of carbonyl (C=O) groups excluding carboxylic acids is 1. The normalized spacial score (nSPS) is 14.7. The minimum absolute atomic E-state index is 0.00877. The number of anilines is 1. The summed E-state index contributed by atoms with van der Waals surface area (Å²) >= 11 is 0. The van der Waals surface area contributed by atoms with Crippen LogP contribution in [0, 0.1) is 5.82 Å². The van der Waals surface area contributed by atoms with Crippen molar-refractivity contribution >= 4 is 11.6 Å². The molecule has 1 aromatic carbocycles. The summed E-state index contributed by atoms with van der Waals surface area (Å²) in [6, 6.07) is 4.69. The number of rotatable bonds is 6.